The second-order valence-corrected chi connectivity index (χ2v) is 4.75. The Morgan fingerprint density at radius 2 is 2.19 bits per heavy atom. The number of nitrogens with zero attached hydrogens (tertiary/aromatic N) is 1. The maximum Gasteiger partial charge on any atom is 0.0663 e. The fraction of sp³-hybridized carbons (Fsp3) is 0.500. The maximum absolute atomic E-state index is 6.17. The van der Waals surface area contributed by atoms with Crippen LogP contribution in [-0.4, -0.2) is 26.8 Å². The van der Waals surface area contributed by atoms with Gasteiger partial charge in [-0.2, -0.15) is 0 Å². The first-order valence-electron chi connectivity index (χ1n) is 5.17. The highest BCUT2D eigenvalue weighted by Crippen LogP contribution is 2.29. The second-order valence-electron chi connectivity index (χ2n) is 3.79. The first kappa shape index (κ1) is 13.8. The number of halogens is 2. The van der Waals surface area contributed by atoms with Gasteiger partial charge in [0.05, 0.1) is 6.61 Å². The van der Waals surface area contributed by atoms with Crippen molar-refractivity contribution in [3.8, 4) is 0 Å². The summed E-state index contributed by atoms with van der Waals surface area (Å²) in [6.07, 6.45) is 0. The van der Waals surface area contributed by atoms with E-state index in [4.69, 9.17) is 16.3 Å². The van der Waals surface area contributed by atoms with Gasteiger partial charge in [0.2, 0.25) is 0 Å². The zero-order valence-electron chi connectivity index (χ0n) is 9.84. The largest absolute Gasteiger partial charge is 0.383 e. The van der Waals surface area contributed by atoms with Gasteiger partial charge in [-0.25, -0.2) is 0 Å². The second kappa shape index (κ2) is 6.48. The molecule has 1 rings (SSSR count). The molecule has 0 saturated carbocycles. The Kier molecular flexibility index (Phi) is 5.59. The molecule has 0 aromatic heterocycles. The van der Waals surface area contributed by atoms with Crippen LogP contribution < -0.4 is 4.90 Å². The van der Waals surface area contributed by atoms with Gasteiger partial charge in [0, 0.05) is 41.8 Å². The third kappa shape index (κ3) is 3.12. The van der Waals surface area contributed by atoms with E-state index in [0.717, 1.165) is 21.6 Å². The van der Waals surface area contributed by atoms with E-state index in [0.29, 0.717) is 12.6 Å². The molecule has 1 aromatic carbocycles. The van der Waals surface area contributed by atoms with E-state index in [2.05, 4.69) is 40.9 Å². The fourth-order valence-electron chi connectivity index (χ4n) is 1.60. The van der Waals surface area contributed by atoms with Crippen LogP contribution in [0.25, 0.3) is 0 Å². The summed E-state index contributed by atoms with van der Waals surface area (Å²) in [5, 5.41) is 1.55. The molecule has 4 heteroatoms. The summed E-state index contributed by atoms with van der Waals surface area (Å²) in [6, 6.07) is 6.28. The van der Waals surface area contributed by atoms with Gasteiger partial charge in [-0.3, -0.25) is 0 Å². The minimum absolute atomic E-state index is 0.321. The van der Waals surface area contributed by atoms with E-state index in [1.54, 1.807) is 7.11 Å². The molecule has 90 valence electrons. The lowest BCUT2D eigenvalue weighted by Gasteiger charge is -2.28. The Labute approximate surface area is 111 Å². The molecule has 0 fully saturated rings. The van der Waals surface area contributed by atoms with E-state index in [9.17, 15) is 0 Å². The number of hydrogen-bond donors (Lipinski definition) is 0. The van der Waals surface area contributed by atoms with Crippen molar-refractivity contribution in [3.05, 3.63) is 28.8 Å². The van der Waals surface area contributed by atoms with E-state index >= 15 is 0 Å². The molecule has 0 aliphatic heterocycles. The van der Waals surface area contributed by atoms with Gasteiger partial charge in [-0.05, 0) is 19.1 Å². The van der Waals surface area contributed by atoms with Crippen LogP contribution in [0.4, 0.5) is 5.69 Å². The quantitative estimate of drug-likeness (QED) is 0.769. The number of ether oxygens (including phenoxy) is 1. The van der Waals surface area contributed by atoms with Gasteiger partial charge < -0.3 is 9.64 Å². The van der Waals surface area contributed by atoms with Gasteiger partial charge in [-0.15, -0.1) is 0 Å². The van der Waals surface area contributed by atoms with Crippen LogP contribution >= 0.6 is 27.5 Å². The average Bonchev–Trinajstić information content (AvgIpc) is 2.28. The van der Waals surface area contributed by atoms with E-state index in [-0.39, 0.29) is 0 Å². The minimum Gasteiger partial charge on any atom is -0.383 e. The van der Waals surface area contributed by atoms with Gasteiger partial charge in [-0.1, -0.05) is 33.6 Å². The van der Waals surface area contributed by atoms with Crippen LogP contribution in [0.5, 0.6) is 0 Å². The Bertz CT molecular complexity index is 346. The number of likely N-dealkylation sites (N-methyl/N-ethyl adjacent to an activating group) is 1. The lowest BCUT2D eigenvalue weighted by atomic mass is 10.1. The van der Waals surface area contributed by atoms with Crippen molar-refractivity contribution in [1.82, 2.24) is 0 Å². The zero-order chi connectivity index (χ0) is 12.1. The molecule has 16 heavy (non-hydrogen) atoms. The number of benzene rings is 1. The molecule has 0 spiro atoms. The zero-order valence-corrected chi connectivity index (χ0v) is 12.2. The topological polar surface area (TPSA) is 12.5 Å². The van der Waals surface area contributed by atoms with E-state index < -0.39 is 0 Å². The smallest absolute Gasteiger partial charge is 0.0663 e. The van der Waals surface area contributed by atoms with Crippen molar-refractivity contribution in [3.63, 3.8) is 0 Å². The van der Waals surface area contributed by atoms with Crippen molar-refractivity contribution in [2.75, 3.05) is 25.7 Å². The Morgan fingerprint density at radius 3 is 2.75 bits per heavy atom. The van der Waals surface area contributed by atoms with Crippen LogP contribution in [0.15, 0.2) is 18.2 Å². The fourth-order valence-corrected chi connectivity index (χ4v) is 2.59. The molecule has 2 nitrogen and oxygen atoms in total. The summed E-state index contributed by atoms with van der Waals surface area (Å²) in [5.41, 5.74) is 2.27. The van der Waals surface area contributed by atoms with Crippen LogP contribution in [0.1, 0.15) is 12.5 Å². The summed E-state index contributed by atoms with van der Waals surface area (Å²) < 4.78 is 5.16. The molecule has 0 amide bonds. The predicted octanol–water partition coefficient (Wildman–Crippen LogP) is 3.71. The number of alkyl halides is 1. The highest BCUT2D eigenvalue weighted by Gasteiger charge is 2.14. The number of rotatable bonds is 5. The minimum atomic E-state index is 0.321. The highest BCUT2D eigenvalue weighted by molar-refractivity contribution is 9.08. The molecule has 0 bridgehead atoms. The molecule has 0 radical (unpaired) electrons. The van der Waals surface area contributed by atoms with Crippen molar-refractivity contribution in [2.24, 2.45) is 0 Å². The van der Waals surface area contributed by atoms with Crippen LogP contribution in [0.3, 0.4) is 0 Å². The van der Waals surface area contributed by atoms with Crippen molar-refractivity contribution in [1.29, 1.82) is 0 Å². The Morgan fingerprint density at radius 1 is 1.50 bits per heavy atom. The molecule has 1 unspecified atom stereocenters. The van der Waals surface area contributed by atoms with Crippen molar-refractivity contribution in [2.45, 2.75) is 18.3 Å². The molecular weight excluding hydrogens is 289 g/mol. The first-order valence-corrected chi connectivity index (χ1v) is 6.66. The Hall–Kier alpha value is -0.250. The Balaban J connectivity index is 2.98. The third-order valence-corrected chi connectivity index (χ3v) is 3.59. The predicted molar refractivity (Wildman–Crippen MR) is 73.8 cm³/mol. The van der Waals surface area contributed by atoms with Crippen molar-refractivity contribution < 1.29 is 4.74 Å². The van der Waals surface area contributed by atoms with Crippen LogP contribution in [-0.2, 0) is 10.1 Å². The molecule has 0 N–H and O–H groups in total. The number of methoxy groups -OCH3 is 1. The molecule has 0 aliphatic rings. The van der Waals surface area contributed by atoms with Gasteiger partial charge in [0.25, 0.3) is 0 Å². The first-order chi connectivity index (χ1) is 7.61. The summed E-state index contributed by atoms with van der Waals surface area (Å²) >= 11 is 9.64. The molecule has 0 saturated heterocycles. The molecule has 1 aromatic rings. The van der Waals surface area contributed by atoms with Crippen molar-refractivity contribution >= 4 is 33.2 Å². The van der Waals surface area contributed by atoms with Gasteiger partial charge in [0.15, 0.2) is 0 Å². The standard InChI is InChI=1S/C12H17BrClNO/c1-9(8-16-3)15(2)12-6-4-5-11(14)10(12)7-13/h4-6,9H,7-8H2,1-3H3. The average molecular weight is 307 g/mol. The molecule has 0 aliphatic carbocycles. The monoisotopic (exact) mass is 305 g/mol. The summed E-state index contributed by atoms with van der Waals surface area (Å²) in [6.45, 7) is 2.83. The van der Waals surface area contributed by atoms with Gasteiger partial charge >= 0.3 is 0 Å². The lowest BCUT2D eigenvalue weighted by Crippen LogP contribution is -2.33. The summed E-state index contributed by atoms with van der Waals surface area (Å²) in [4.78, 5) is 2.19. The van der Waals surface area contributed by atoms with E-state index in [1.165, 1.54) is 0 Å². The van der Waals surface area contributed by atoms with Crippen LogP contribution in [0.2, 0.25) is 5.02 Å². The highest BCUT2D eigenvalue weighted by atomic mass is 79.9. The molecule has 0 heterocycles. The maximum atomic E-state index is 6.17. The summed E-state index contributed by atoms with van der Waals surface area (Å²) in [7, 11) is 3.77. The number of hydrogen-bond acceptors (Lipinski definition) is 2. The lowest BCUT2D eigenvalue weighted by molar-refractivity contribution is 0.183. The normalized spacial score (nSPS) is 12.6. The number of anilines is 1. The summed E-state index contributed by atoms with van der Waals surface area (Å²) in [5.74, 6) is 0. The van der Waals surface area contributed by atoms with Crippen LogP contribution in [0, 0.1) is 0 Å². The molecule has 1 atom stereocenters. The third-order valence-electron chi connectivity index (χ3n) is 2.68. The molecular formula is C12H17BrClNO. The SMILES string of the molecule is COCC(C)N(C)c1cccc(Cl)c1CBr. The van der Waals surface area contributed by atoms with E-state index in [1.807, 2.05) is 12.1 Å². The van der Waals surface area contributed by atoms with Gasteiger partial charge in [0.1, 0.15) is 0 Å².